The molecule has 1 radical (unpaired) electrons. The Labute approximate surface area is 227 Å². The van der Waals surface area contributed by atoms with Gasteiger partial charge < -0.3 is 20.3 Å². The average molecular weight is 561 g/mol. The number of halogens is 1. The Morgan fingerprint density at radius 2 is 2.06 bits per heavy atom. The molecule has 4 amide bonds. The Balaban J connectivity index is 0.000000270. The molecule has 1 unspecified atom stereocenters. The summed E-state index contributed by atoms with van der Waals surface area (Å²) >= 11 is 5.72. The fourth-order valence-corrected chi connectivity index (χ4v) is 3.86. The number of carbonyl (C=O) groups is 4. The van der Waals surface area contributed by atoms with E-state index in [1.807, 2.05) is 25.2 Å². The summed E-state index contributed by atoms with van der Waals surface area (Å²) in [5.74, 6) is -0.253. The Morgan fingerprint density at radius 3 is 2.71 bits per heavy atom. The van der Waals surface area contributed by atoms with E-state index in [0.29, 0.717) is 47.9 Å². The summed E-state index contributed by atoms with van der Waals surface area (Å²) in [6.45, 7) is 1.12. The van der Waals surface area contributed by atoms with Crippen LogP contribution in [0, 0.1) is 6.07 Å². The van der Waals surface area contributed by atoms with Crippen molar-refractivity contribution in [2.24, 2.45) is 0 Å². The molecule has 9 nitrogen and oxygen atoms in total. The van der Waals surface area contributed by atoms with Crippen molar-refractivity contribution >= 4 is 41.4 Å². The number of amides is 4. The summed E-state index contributed by atoms with van der Waals surface area (Å²) in [6.07, 6.45) is 1.24. The Kier molecular flexibility index (Phi) is 10.6. The number of nitrogens with zero attached hydrogens (tertiary/aromatic N) is 1. The van der Waals surface area contributed by atoms with E-state index in [4.69, 9.17) is 16.3 Å². The molecule has 4 rings (SSSR count). The Morgan fingerprint density at radius 1 is 1.29 bits per heavy atom. The van der Waals surface area contributed by atoms with Crippen molar-refractivity contribution in [2.45, 2.75) is 32.0 Å². The van der Waals surface area contributed by atoms with Crippen LogP contribution in [0.15, 0.2) is 30.3 Å². The van der Waals surface area contributed by atoms with Gasteiger partial charge in [-0.05, 0) is 35.7 Å². The SMILES string of the molecule is CNCc1ccc2c(c1)C(=O)N(C1CCC(=O)NC1=O)C2.COc1cc(NC=O)[c-]cc1Cl.[Y]. The van der Waals surface area contributed by atoms with Gasteiger partial charge in [0.2, 0.25) is 18.2 Å². The molecule has 34 heavy (non-hydrogen) atoms. The fourth-order valence-electron chi connectivity index (χ4n) is 3.67. The van der Waals surface area contributed by atoms with Crippen LogP contribution < -0.4 is 20.7 Å². The molecule has 0 bridgehead atoms. The quantitative estimate of drug-likeness (QED) is 0.282. The van der Waals surface area contributed by atoms with E-state index < -0.39 is 6.04 Å². The third-order valence-corrected chi connectivity index (χ3v) is 5.57. The minimum atomic E-state index is -0.546. The van der Waals surface area contributed by atoms with Crippen LogP contribution in [0.4, 0.5) is 5.69 Å². The van der Waals surface area contributed by atoms with Crippen LogP contribution in [0.3, 0.4) is 0 Å². The molecule has 0 aromatic heterocycles. The van der Waals surface area contributed by atoms with Gasteiger partial charge in [-0.1, -0.05) is 17.8 Å². The van der Waals surface area contributed by atoms with Crippen LogP contribution >= 0.6 is 11.6 Å². The van der Waals surface area contributed by atoms with Crippen molar-refractivity contribution in [3.8, 4) is 5.75 Å². The van der Waals surface area contributed by atoms with E-state index in [1.54, 1.807) is 11.0 Å². The smallest absolute Gasteiger partial charge is 0.255 e. The first kappa shape index (κ1) is 27.9. The van der Waals surface area contributed by atoms with Gasteiger partial charge in [0.25, 0.3) is 5.91 Å². The largest absolute Gasteiger partial charge is 0.521 e. The topological polar surface area (TPSA) is 117 Å². The first-order valence-electron chi connectivity index (χ1n) is 10.2. The van der Waals surface area contributed by atoms with Gasteiger partial charge in [-0.25, -0.2) is 0 Å². The van der Waals surface area contributed by atoms with E-state index in [2.05, 4.69) is 22.0 Å². The Hall–Kier alpha value is -2.33. The molecule has 0 aliphatic carbocycles. The second-order valence-corrected chi connectivity index (χ2v) is 7.85. The average Bonchev–Trinajstić information content (AvgIpc) is 3.12. The number of benzene rings is 2. The molecule has 2 aliphatic heterocycles. The predicted octanol–water partition coefficient (Wildman–Crippen LogP) is 1.88. The minimum Gasteiger partial charge on any atom is -0.521 e. The van der Waals surface area contributed by atoms with Crippen LogP contribution in [0.25, 0.3) is 0 Å². The first-order valence-corrected chi connectivity index (χ1v) is 10.6. The van der Waals surface area contributed by atoms with Gasteiger partial charge in [-0.3, -0.25) is 24.5 Å². The second-order valence-electron chi connectivity index (χ2n) is 7.45. The maximum atomic E-state index is 12.5. The summed E-state index contributed by atoms with van der Waals surface area (Å²) < 4.78 is 4.92. The molecule has 2 aromatic rings. The summed E-state index contributed by atoms with van der Waals surface area (Å²) in [7, 11) is 3.36. The number of methoxy groups -OCH3 is 1. The van der Waals surface area contributed by atoms with Crippen molar-refractivity contribution in [3.05, 3.63) is 58.1 Å². The predicted molar refractivity (Wildman–Crippen MR) is 122 cm³/mol. The fraction of sp³-hybridized carbons (Fsp3) is 0.304. The van der Waals surface area contributed by atoms with Gasteiger partial charge in [-0.15, -0.1) is 6.07 Å². The second kappa shape index (κ2) is 12.9. The van der Waals surface area contributed by atoms with E-state index in [1.165, 1.54) is 13.2 Å². The van der Waals surface area contributed by atoms with Crippen molar-refractivity contribution in [1.82, 2.24) is 15.5 Å². The third-order valence-electron chi connectivity index (χ3n) is 5.27. The van der Waals surface area contributed by atoms with E-state index in [9.17, 15) is 19.2 Å². The van der Waals surface area contributed by atoms with Gasteiger partial charge in [0.15, 0.2) is 0 Å². The molecule has 0 saturated carbocycles. The van der Waals surface area contributed by atoms with Gasteiger partial charge >= 0.3 is 0 Å². The molecule has 177 valence electrons. The van der Waals surface area contributed by atoms with Crippen LogP contribution in [0.2, 0.25) is 5.02 Å². The molecule has 2 aliphatic rings. The van der Waals surface area contributed by atoms with Gasteiger partial charge in [-0.2, -0.15) is 23.7 Å². The maximum absolute atomic E-state index is 12.5. The Bertz CT molecular complexity index is 1080. The van der Waals surface area contributed by atoms with E-state index >= 15 is 0 Å². The number of nitrogens with one attached hydrogen (secondary N) is 3. The number of fused-ring (bicyclic) bond motifs is 1. The van der Waals surface area contributed by atoms with Crippen LogP contribution in [0.5, 0.6) is 5.75 Å². The zero-order chi connectivity index (χ0) is 24.0. The number of rotatable bonds is 6. The monoisotopic (exact) mass is 560 g/mol. The number of ether oxygens (including phenoxy) is 1. The first-order chi connectivity index (χ1) is 15.9. The molecule has 11 heteroatoms. The molecule has 1 saturated heterocycles. The van der Waals surface area contributed by atoms with Crippen molar-refractivity contribution in [2.75, 3.05) is 19.5 Å². The third kappa shape index (κ3) is 6.63. The minimum absolute atomic E-state index is 0. The van der Waals surface area contributed by atoms with Crippen LogP contribution in [0.1, 0.15) is 34.3 Å². The molecular weight excluding hydrogens is 537 g/mol. The molecule has 1 fully saturated rings. The van der Waals surface area contributed by atoms with Crippen molar-refractivity contribution in [1.29, 1.82) is 0 Å². The van der Waals surface area contributed by atoms with E-state index in [-0.39, 0.29) is 56.9 Å². The van der Waals surface area contributed by atoms with Gasteiger partial charge in [0.1, 0.15) is 6.04 Å². The zero-order valence-corrected chi connectivity index (χ0v) is 22.4. The summed E-state index contributed by atoms with van der Waals surface area (Å²) in [5.41, 5.74) is 3.16. The van der Waals surface area contributed by atoms with E-state index in [0.717, 1.165) is 11.1 Å². The zero-order valence-electron chi connectivity index (χ0n) is 18.8. The summed E-state index contributed by atoms with van der Waals surface area (Å²) in [4.78, 5) is 47.3. The summed E-state index contributed by atoms with van der Waals surface area (Å²) in [5, 5.41) is 8.25. The number of carbonyl (C=O) groups excluding carboxylic acids is 4. The standard InChI is InChI=1S/C15H17N3O3.C8H7ClNO2.Y/c1-16-7-9-2-3-10-8-18(15(21)11(10)6-9)12-4-5-13(19)17-14(12)20;1-12-8-4-6(10-5-11)2-3-7(8)9;/h2-3,6,12,16H,4-5,7-8H2,1H3,(H,17,19,20);3-5H,1H3,(H,10,11);/q;-1;. The number of anilines is 1. The number of imide groups is 1. The molecule has 2 aromatic carbocycles. The molecule has 0 spiro atoms. The normalized spacial score (nSPS) is 16.5. The van der Waals surface area contributed by atoms with Crippen LogP contribution in [-0.4, -0.2) is 49.2 Å². The molecule has 1 atom stereocenters. The number of hydrogen-bond donors (Lipinski definition) is 3. The van der Waals surface area contributed by atoms with Gasteiger partial charge in [0.05, 0.1) is 7.11 Å². The summed E-state index contributed by atoms with van der Waals surface area (Å²) in [6, 6.07) is 11.1. The number of piperidine rings is 1. The number of hydrogen-bond acceptors (Lipinski definition) is 6. The van der Waals surface area contributed by atoms with Crippen molar-refractivity contribution < 1.29 is 56.6 Å². The molecule has 2 heterocycles. The van der Waals surface area contributed by atoms with Crippen molar-refractivity contribution in [3.63, 3.8) is 0 Å². The maximum Gasteiger partial charge on any atom is 0.255 e. The van der Waals surface area contributed by atoms with Crippen LogP contribution in [-0.2, 0) is 60.2 Å². The molecule has 3 N–H and O–H groups in total. The van der Waals surface area contributed by atoms with Gasteiger partial charge in [0, 0.05) is 63.5 Å². The molecular formula is C23H24ClN4O5Y-.